The molecular formula is C75H146O17P2. The van der Waals surface area contributed by atoms with E-state index >= 15 is 0 Å². The summed E-state index contributed by atoms with van der Waals surface area (Å²) in [6.45, 7) is 14.2. The zero-order chi connectivity index (χ0) is 69.6. The van der Waals surface area contributed by atoms with Gasteiger partial charge >= 0.3 is 39.5 Å². The van der Waals surface area contributed by atoms with Crippen molar-refractivity contribution in [3.05, 3.63) is 0 Å². The molecule has 19 heteroatoms. The van der Waals surface area contributed by atoms with Crippen molar-refractivity contribution in [1.82, 2.24) is 0 Å². The van der Waals surface area contributed by atoms with Crippen LogP contribution in [0.4, 0.5) is 0 Å². The summed E-state index contributed by atoms with van der Waals surface area (Å²) in [4.78, 5) is 72.8. The van der Waals surface area contributed by atoms with Gasteiger partial charge in [0.1, 0.15) is 19.3 Å². The molecule has 0 saturated carbocycles. The molecule has 0 aliphatic rings. The minimum Gasteiger partial charge on any atom is -0.462 e. The SMILES string of the molecule is CC(C)CCCCCCCCCCCCCCCC(=O)O[C@H](COC(=O)CCCCCCCCCCCCCC(C)C)COP(=O)(O)OCC(O)COP(=O)(O)OC[C@@H](COC(=O)CCCCCCCCCC(C)C)OC(=O)CCCCCCCCCCCCCC(C)C. The van der Waals surface area contributed by atoms with E-state index in [1.807, 2.05) is 0 Å². The van der Waals surface area contributed by atoms with Crippen molar-refractivity contribution in [1.29, 1.82) is 0 Å². The molecule has 0 radical (unpaired) electrons. The first-order chi connectivity index (χ1) is 45.1. The van der Waals surface area contributed by atoms with Crippen molar-refractivity contribution in [2.45, 2.75) is 395 Å². The van der Waals surface area contributed by atoms with E-state index in [-0.39, 0.29) is 25.7 Å². The van der Waals surface area contributed by atoms with Gasteiger partial charge in [-0.1, -0.05) is 325 Å². The Morgan fingerprint density at radius 3 is 0.660 bits per heavy atom. The molecule has 3 unspecified atom stereocenters. The second-order valence-electron chi connectivity index (χ2n) is 28.9. The van der Waals surface area contributed by atoms with Gasteiger partial charge in [-0.05, 0) is 49.4 Å². The van der Waals surface area contributed by atoms with Crippen molar-refractivity contribution in [2.24, 2.45) is 23.7 Å². The first kappa shape index (κ1) is 92.1. The number of esters is 4. The van der Waals surface area contributed by atoms with Gasteiger partial charge in [0.2, 0.25) is 0 Å². The van der Waals surface area contributed by atoms with E-state index < -0.39 is 97.5 Å². The van der Waals surface area contributed by atoms with Crippen LogP contribution in [0.2, 0.25) is 0 Å². The van der Waals surface area contributed by atoms with Crippen molar-refractivity contribution >= 4 is 39.5 Å². The molecule has 17 nitrogen and oxygen atoms in total. The van der Waals surface area contributed by atoms with Gasteiger partial charge in [0.15, 0.2) is 12.2 Å². The number of aliphatic hydroxyl groups is 1. The van der Waals surface area contributed by atoms with Crippen LogP contribution in [0.15, 0.2) is 0 Å². The molecule has 0 aromatic rings. The molecule has 0 saturated heterocycles. The molecule has 94 heavy (non-hydrogen) atoms. The molecule has 0 aromatic heterocycles. The van der Waals surface area contributed by atoms with E-state index in [0.29, 0.717) is 31.6 Å². The Kier molecular flexibility index (Phi) is 63.1. The van der Waals surface area contributed by atoms with Gasteiger partial charge < -0.3 is 33.8 Å². The Labute approximate surface area is 575 Å². The summed E-state index contributed by atoms with van der Waals surface area (Å²) in [5.74, 6) is 0.906. The minimum absolute atomic E-state index is 0.105. The molecule has 0 heterocycles. The number of carbonyl (C=O) groups excluding carboxylic acids is 4. The third-order valence-electron chi connectivity index (χ3n) is 17.3. The second-order valence-corrected chi connectivity index (χ2v) is 31.9. The third kappa shape index (κ3) is 68.6. The second kappa shape index (κ2) is 64.4. The van der Waals surface area contributed by atoms with Crippen LogP contribution in [0.5, 0.6) is 0 Å². The highest BCUT2D eigenvalue weighted by atomic mass is 31.2. The van der Waals surface area contributed by atoms with E-state index in [4.69, 9.17) is 37.0 Å². The van der Waals surface area contributed by atoms with Gasteiger partial charge in [-0.25, -0.2) is 9.13 Å². The molecule has 0 fully saturated rings. The van der Waals surface area contributed by atoms with Crippen LogP contribution >= 0.6 is 15.6 Å². The monoisotopic (exact) mass is 1380 g/mol. The summed E-state index contributed by atoms with van der Waals surface area (Å²) in [5.41, 5.74) is 0. The van der Waals surface area contributed by atoms with Gasteiger partial charge in [0, 0.05) is 25.7 Å². The van der Waals surface area contributed by atoms with Gasteiger partial charge in [0.05, 0.1) is 26.4 Å². The van der Waals surface area contributed by atoms with Gasteiger partial charge in [-0.3, -0.25) is 37.3 Å². The zero-order valence-electron chi connectivity index (χ0n) is 61.6. The lowest BCUT2D eigenvalue weighted by Crippen LogP contribution is -2.30. The molecule has 5 atom stereocenters. The number of carbonyl (C=O) groups is 4. The molecular weight excluding hydrogens is 1230 g/mol. The van der Waals surface area contributed by atoms with Crippen LogP contribution in [-0.2, 0) is 65.4 Å². The van der Waals surface area contributed by atoms with Crippen LogP contribution < -0.4 is 0 Å². The Hall–Kier alpha value is -1.94. The van der Waals surface area contributed by atoms with Crippen molar-refractivity contribution in [2.75, 3.05) is 39.6 Å². The third-order valence-corrected chi connectivity index (χ3v) is 19.2. The lowest BCUT2D eigenvalue weighted by molar-refractivity contribution is -0.161. The number of phosphoric ester groups is 2. The topological polar surface area (TPSA) is 237 Å². The normalized spacial score (nSPS) is 14.2. The smallest absolute Gasteiger partial charge is 0.462 e. The number of ether oxygens (including phenoxy) is 4. The van der Waals surface area contributed by atoms with Gasteiger partial charge in [-0.15, -0.1) is 0 Å². The molecule has 0 amide bonds. The summed E-state index contributed by atoms with van der Waals surface area (Å²) in [5, 5.41) is 10.6. The number of hydrogen-bond acceptors (Lipinski definition) is 15. The lowest BCUT2D eigenvalue weighted by atomic mass is 10.0. The van der Waals surface area contributed by atoms with Gasteiger partial charge in [0.25, 0.3) is 0 Å². The standard InChI is InChI=1S/C75H146O17P2/c1-65(2)51-43-35-27-20-14-10-9-11-17-24-32-41-49-57-74(79)91-70(61-85-72(77)55-47-39-31-23-18-12-15-21-28-36-44-52-66(3)4)63-89-93(81,82)87-59-69(76)60-88-94(83,84)90-64-71(62-86-73(78)56-48-40-34-26-30-38-46-54-68(7)8)92-75(80)58-50-42-33-25-19-13-16-22-29-37-45-53-67(5)6/h65-71,76H,9-64H2,1-8H3,(H,81,82)(H,83,84)/t69?,70-,71-/m1/s1. The first-order valence-electron chi connectivity index (χ1n) is 38.7. The van der Waals surface area contributed by atoms with Crippen LogP contribution in [0.25, 0.3) is 0 Å². The van der Waals surface area contributed by atoms with Gasteiger partial charge in [-0.2, -0.15) is 0 Å². The summed E-state index contributed by atoms with van der Waals surface area (Å²) < 4.78 is 68.5. The molecule has 0 rings (SSSR count). The highest BCUT2D eigenvalue weighted by Gasteiger charge is 2.30. The molecule has 0 spiro atoms. The van der Waals surface area contributed by atoms with E-state index in [2.05, 4.69) is 55.4 Å². The average molecular weight is 1380 g/mol. The predicted molar refractivity (Wildman–Crippen MR) is 381 cm³/mol. The fourth-order valence-electron chi connectivity index (χ4n) is 11.4. The molecule has 3 N–H and O–H groups in total. The van der Waals surface area contributed by atoms with Crippen LogP contribution in [-0.4, -0.2) is 96.7 Å². The number of unbranched alkanes of at least 4 members (excludes halogenated alkanes) is 38. The van der Waals surface area contributed by atoms with E-state index in [9.17, 15) is 43.2 Å². The summed E-state index contributed by atoms with van der Waals surface area (Å²) in [7, 11) is -9.91. The summed E-state index contributed by atoms with van der Waals surface area (Å²) >= 11 is 0. The maximum Gasteiger partial charge on any atom is 0.472 e. The Morgan fingerprint density at radius 2 is 0.447 bits per heavy atom. The van der Waals surface area contributed by atoms with Crippen molar-refractivity contribution in [3.8, 4) is 0 Å². The maximum atomic E-state index is 13.1. The number of rotatable bonds is 72. The van der Waals surface area contributed by atoms with E-state index in [1.54, 1.807) is 0 Å². The maximum absolute atomic E-state index is 13.1. The quantitative estimate of drug-likeness (QED) is 0.0222. The highest BCUT2D eigenvalue weighted by molar-refractivity contribution is 7.47. The zero-order valence-corrected chi connectivity index (χ0v) is 63.4. The summed E-state index contributed by atoms with van der Waals surface area (Å²) in [6, 6.07) is 0. The van der Waals surface area contributed by atoms with Crippen molar-refractivity contribution < 1.29 is 80.2 Å². The largest absolute Gasteiger partial charge is 0.472 e. The Morgan fingerprint density at radius 1 is 0.266 bits per heavy atom. The average Bonchev–Trinajstić information content (AvgIpc) is 1.32. The molecule has 0 aliphatic carbocycles. The minimum atomic E-state index is -4.96. The number of hydrogen-bond donors (Lipinski definition) is 3. The highest BCUT2D eigenvalue weighted by Crippen LogP contribution is 2.45. The Bertz CT molecular complexity index is 1850. The van der Waals surface area contributed by atoms with Crippen LogP contribution in [0.3, 0.4) is 0 Å². The van der Waals surface area contributed by atoms with E-state index in [1.165, 1.54) is 173 Å². The molecule has 0 bridgehead atoms. The lowest BCUT2D eigenvalue weighted by Gasteiger charge is -2.21. The number of phosphoric acid groups is 2. The van der Waals surface area contributed by atoms with Crippen molar-refractivity contribution in [3.63, 3.8) is 0 Å². The Balaban J connectivity index is 5.26. The summed E-state index contributed by atoms with van der Waals surface area (Å²) in [6.07, 6.45) is 48.6. The number of aliphatic hydroxyl groups excluding tert-OH is 1. The van der Waals surface area contributed by atoms with E-state index in [0.717, 1.165) is 114 Å². The van der Waals surface area contributed by atoms with Crippen LogP contribution in [0, 0.1) is 23.7 Å². The predicted octanol–water partition coefficient (Wildman–Crippen LogP) is 21.7. The van der Waals surface area contributed by atoms with Crippen LogP contribution in [0.1, 0.15) is 376 Å². The molecule has 0 aromatic carbocycles. The fraction of sp³-hybridized carbons (Fsp3) is 0.947. The molecule has 558 valence electrons. The first-order valence-corrected chi connectivity index (χ1v) is 41.7. The molecule has 0 aliphatic heterocycles. The fourth-order valence-corrected chi connectivity index (χ4v) is 13.0.